The Morgan fingerprint density at radius 2 is 2.00 bits per heavy atom. The first-order chi connectivity index (χ1) is 7.90. The molecule has 0 aliphatic rings. The summed E-state index contributed by atoms with van der Waals surface area (Å²) in [4.78, 5) is 14.1. The number of aliphatic hydroxyl groups excluding tert-OH is 1. The quantitative estimate of drug-likeness (QED) is 0.510. The third-order valence-electron chi connectivity index (χ3n) is 3.22. The van der Waals surface area contributed by atoms with Crippen molar-refractivity contribution in [1.29, 1.82) is 0 Å². The van der Waals surface area contributed by atoms with Crippen molar-refractivity contribution in [2.75, 3.05) is 20.2 Å². The minimum atomic E-state index is -0.735. The van der Waals surface area contributed by atoms with Crippen LogP contribution in [0.15, 0.2) is 0 Å². The molecule has 1 unspecified atom stereocenters. The number of thiocarbonyl (C=S) groups is 1. The van der Waals surface area contributed by atoms with Crippen molar-refractivity contribution in [2.45, 2.75) is 39.5 Å². The number of unbranched alkanes of at least 4 members (excludes halogenated alkanes) is 2. The largest absolute Gasteiger partial charge is 0.396 e. The Kier molecular flexibility index (Phi) is 7.30. The molecule has 0 rings (SSSR count). The van der Waals surface area contributed by atoms with Crippen LogP contribution in [0.1, 0.15) is 39.5 Å². The molecule has 0 radical (unpaired) electrons. The van der Waals surface area contributed by atoms with Gasteiger partial charge in [0.2, 0.25) is 5.91 Å². The van der Waals surface area contributed by atoms with Crippen LogP contribution < -0.4 is 5.73 Å². The highest BCUT2D eigenvalue weighted by Gasteiger charge is 2.36. The Balaban J connectivity index is 4.32. The predicted molar refractivity (Wildman–Crippen MR) is 73.8 cm³/mol. The van der Waals surface area contributed by atoms with Gasteiger partial charge in [0.15, 0.2) is 0 Å². The fourth-order valence-corrected chi connectivity index (χ4v) is 1.82. The number of rotatable bonds is 8. The van der Waals surface area contributed by atoms with Crippen molar-refractivity contribution in [1.82, 2.24) is 4.90 Å². The van der Waals surface area contributed by atoms with E-state index in [4.69, 9.17) is 23.1 Å². The van der Waals surface area contributed by atoms with Gasteiger partial charge in [-0.1, -0.05) is 19.1 Å². The van der Waals surface area contributed by atoms with E-state index in [0.717, 1.165) is 19.3 Å². The molecule has 0 saturated carbocycles. The molecule has 0 saturated heterocycles. The van der Waals surface area contributed by atoms with E-state index in [9.17, 15) is 4.79 Å². The number of aliphatic hydroxyl groups is 1. The summed E-state index contributed by atoms with van der Waals surface area (Å²) in [6.07, 6.45) is 3.20. The van der Waals surface area contributed by atoms with Gasteiger partial charge in [-0.2, -0.15) is 0 Å². The predicted octanol–water partition coefficient (Wildman–Crippen LogP) is 1.31. The number of carbonyl (C=O) groups excluding carboxylic acids is 1. The molecule has 0 aromatic carbocycles. The second kappa shape index (κ2) is 7.61. The van der Waals surface area contributed by atoms with Crippen LogP contribution in [0.25, 0.3) is 0 Å². The SMILES string of the molecule is CCC(C)(C(=O)N(C)CCCCCO)C(N)=S. The lowest BCUT2D eigenvalue weighted by Gasteiger charge is -2.30. The van der Waals surface area contributed by atoms with Crippen LogP contribution in [0.5, 0.6) is 0 Å². The lowest BCUT2D eigenvalue weighted by atomic mass is 9.86. The van der Waals surface area contributed by atoms with Gasteiger partial charge in [-0.15, -0.1) is 0 Å². The number of carbonyl (C=O) groups is 1. The molecule has 5 heteroatoms. The van der Waals surface area contributed by atoms with Crippen molar-refractivity contribution in [2.24, 2.45) is 11.1 Å². The zero-order chi connectivity index (χ0) is 13.5. The van der Waals surface area contributed by atoms with E-state index in [1.807, 2.05) is 6.92 Å². The average Bonchev–Trinajstić information content (AvgIpc) is 2.32. The Bertz CT molecular complexity index is 271. The van der Waals surface area contributed by atoms with E-state index < -0.39 is 5.41 Å². The Labute approximate surface area is 109 Å². The smallest absolute Gasteiger partial charge is 0.235 e. The molecule has 1 amide bonds. The molecular weight excluding hydrogens is 236 g/mol. The summed E-state index contributed by atoms with van der Waals surface area (Å²) in [6.45, 7) is 4.59. The van der Waals surface area contributed by atoms with Gasteiger partial charge in [-0.05, 0) is 32.6 Å². The molecule has 0 spiro atoms. The summed E-state index contributed by atoms with van der Waals surface area (Å²) < 4.78 is 0. The van der Waals surface area contributed by atoms with Crippen molar-refractivity contribution >= 4 is 23.1 Å². The van der Waals surface area contributed by atoms with E-state index in [1.165, 1.54) is 0 Å². The molecule has 17 heavy (non-hydrogen) atoms. The molecule has 0 heterocycles. The summed E-state index contributed by atoms with van der Waals surface area (Å²) in [6, 6.07) is 0. The average molecular weight is 260 g/mol. The van der Waals surface area contributed by atoms with E-state index in [1.54, 1.807) is 18.9 Å². The maximum absolute atomic E-state index is 12.2. The maximum atomic E-state index is 12.2. The molecule has 0 aliphatic carbocycles. The highest BCUT2D eigenvalue weighted by atomic mass is 32.1. The highest BCUT2D eigenvalue weighted by Crippen LogP contribution is 2.24. The fraction of sp³-hybridized carbons (Fsp3) is 0.833. The van der Waals surface area contributed by atoms with Crippen LogP contribution in [0.4, 0.5) is 0 Å². The van der Waals surface area contributed by atoms with E-state index >= 15 is 0 Å². The summed E-state index contributed by atoms with van der Waals surface area (Å²) in [5.74, 6) is -0.0171. The van der Waals surface area contributed by atoms with Gasteiger partial charge in [-0.3, -0.25) is 4.79 Å². The molecule has 0 aromatic rings. The van der Waals surface area contributed by atoms with Crippen molar-refractivity contribution in [3.8, 4) is 0 Å². The van der Waals surface area contributed by atoms with Gasteiger partial charge in [0.25, 0.3) is 0 Å². The molecule has 3 N–H and O–H groups in total. The summed E-state index contributed by atoms with van der Waals surface area (Å²) in [5, 5.41) is 8.67. The third-order valence-corrected chi connectivity index (χ3v) is 3.67. The van der Waals surface area contributed by atoms with Gasteiger partial charge in [0.05, 0.1) is 10.4 Å². The first-order valence-corrected chi connectivity index (χ1v) is 6.47. The lowest BCUT2D eigenvalue weighted by Crippen LogP contribution is -2.47. The first-order valence-electron chi connectivity index (χ1n) is 6.06. The van der Waals surface area contributed by atoms with Gasteiger partial charge >= 0.3 is 0 Å². The molecule has 0 aliphatic heterocycles. The number of hydrogen-bond acceptors (Lipinski definition) is 3. The van der Waals surface area contributed by atoms with Crippen LogP contribution in [0.3, 0.4) is 0 Å². The minimum absolute atomic E-state index is 0.0171. The molecule has 0 fully saturated rings. The zero-order valence-corrected chi connectivity index (χ0v) is 11.8. The number of amides is 1. The molecule has 0 aromatic heterocycles. The van der Waals surface area contributed by atoms with E-state index in [-0.39, 0.29) is 17.5 Å². The molecule has 4 nitrogen and oxygen atoms in total. The summed E-state index contributed by atoms with van der Waals surface area (Å²) >= 11 is 4.98. The highest BCUT2D eigenvalue weighted by molar-refractivity contribution is 7.80. The van der Waals surface area contributed by atoms with Crippen molar-refractivity contribution in [3.05, 3.63) is 0 Å². The van der Waals surface area contributed by atoms with Gasteiger partial charge in [0, 0.05) is 20.2 Å². The van der Waals surface area contributed by atoms with Crippen LogP contribution in [0.2, 0.25) is 0 Å². The van der Waals surface area contributed by atoms with Crippen LogP contribution in [0, 0.1) is 5.41 Å². The Hall–Kier alpha value is -0.680. The van der Waals surface area contributed by atoms with Crippen molar-refractivity contribution in [3.63, 3.8) is 0 Å². The van der Waals surface area contributed by atoms with E-state index in [0.29, 0.717) is 13.0 Å². The third kappa shape index (κ3) is 4.60. The normalized spacial score (nSPS) is 14.1. The van der Waals surface area contributed by atoms with E-state index in [2.05, 4.69) is 0 Å². The topological polar surface area (TPSA) is 66.6 Å². The van der Waals surface area contributed by atoms with Crippen LogP contribution in [-0.2, 0) is 4.79 Å². The number of hydrogen-bond donors (Lipinski definition) is 2. The second-order valence-electron chi connectivity index (χ2n) is 4.56. The van der Waals surface area contributed by atoms with Crippen LogP contribution >= 0.6 is 12.2 Å². The van der Waals surface area contributed by atoms with Gasteiger partial charge in [0.1, 0.15) is 0 Å². The summed E-state index contributed by atoms with van der Waals surface area (Å²) in [7, 11) is 1.77. The van der Waals surface area contributed by atoms with Gasteiger partial charge < -0.3 is 15.7 Å². The molecular formula is C12H24N2O2S. The fourth-order valence-electron chi connectivity index (χ4n) is 1.59. The number of nitrogens with two attached hydrogens (primary N) is 1. The maximum Gasteiger partial charge on any atom is 0.235 e. The second-order valence-corrected chi connectivity index (χ2v) is 5.00. The molecule has 100 valence electrons. The Morgan fingerprint density at radius 1 is 1.41 bits per heavy atom. The lowest BCUT2D eigenvalue weighted by molar-refractivity contribution is -0.136. The Morgan fingerprint density at radius 3 is 2.41 bits per heavy atom. The first kappa shape index (κ1) is 16.3. The van der Waals surface area contributed by atoms with Gasteiger partial charge in [-0.25, -0.2) is 0 Å². The standard InChI is InChI=1S/C12H24N2O2S/c1-4-12(2,10(13)17)11(16)14(3)8-6-5-7-9-15/h15H,4-9H2,1-3H3,(H2,13,17). The zero-order valence-electron chi connectivity index (χ0n) is 11.0. The van der Waals surface area contributed by atoms with Crippen molar-refractivity contribution < 1.29 is 9.90 Å². The molecule has 0 bridgehead atoms. The molecule has 1 atom stereocenters. The summed E-state index contributed by atoms with van der Waals surface area (Å²) in [5.41, 5.74) is 4.91. The monoisotopic (exact) mass is 260 g/mol. The number of nitrogens with zero attached hydrogens (tertiary/aromatic N) is 1. The van der Waals surface area contributed by atoms with Crippen LogP contribution in [-0.4, -0.2) is 41.1 Å². The minimum Gasteiger partial charge on any atom is -0.396 e.